The SMILES string of the molecule is C=C(C)CN(CC)C(=O)COC(=O)Cc1c(Cl)cccc1Cl. The van der Waals surface area contributed by atoms with Crippen LogP contribution in [0.25, 0.3) is 0 Å². The van der Waals surface area contributed by atoms with E-state index in [0.29, 0.717) is 28.7 Å². The fraction of sp³-hybridized carbons (Fsp3) is 0.375. The summed E-state index contributed by atoms with van der Waals surface area (Å²) in [6.45, 7) is 8.12. The zero-order valence-electron chi connectivity index (χ0n) is 12.7. The molecule has 0 saturated heterocycles. The summed E-state index contributed by atoms with van der Waals surface area (Å²) >= 11 is 12.0. The first-order chi connectivity index (χ1) is 10.3. The lowest BCUT2D eigenvalue weighted by atomic mass is 10.1. The van der Waals surface area contributed by atoms with Gasteiger partial charge < -0.3 is 9.64 Å². The van der Waals surface area contributed by atoms with Gasteiger partial charge in [-0.25, -0.2) is 0 Å². The molecule has 0 aliphatic carbocycles. The minimum atomic E-state index is -0.547. The number of nitrogens with zero attached hydrogens (tertiary/aromatic N) is 1. The highest BCUT2D eigenvalue weighted by atomic mass is 35.5. The number of carbonyl (C=O) groups is 2. The van der Waals surface area contributed by atoms with Gasteiger partial charge in [-0.2, -0.15) is 0 Å². The third kappa shape index (κ3) is 5.70. The number of rotatable bonds is 7. The van der Waals surface area contributed by atoms with Gasteiger partial charge in [0.1, 0.15) is 0 Å². The molecule has 1 rings (SSSR count). The molecule has 0 fully saturated rings. The van der Waals surface area contributed by atoms with Crippen LogP contribution in [0.1, 0.15) is 19.4 Å². The van der Waals surface area contributed by atoms with E-state index in [4.69, 9.17) is 27.9 Å². The number of ether oxygens (including phenoxy) is 1. The molecule has 0 unspecified atom stereocenters. The first-order valence-electron chi connectivity index (χ1n) is 6.85. The molecule has 0 aliphatic heterocycles. The molecule has 1 amide bonds. The van der Waals surface area contributed by atoms with Crippen LogP contribution in [0.3, 0.4) is 0 Å². The van der Waals surface area contributed by atoms with Crippen LogP contribution in [0, 0.1) is 0 Å². The molecule has 0 radical (unpaired) electrons. The van der Waals surface area contributed by atoms with Gasteiger partial charge in [-0.1, -0.05) is 41.4 Å². The molecule has 0 spiro atoms. The van der Waals surface area contributed by atoms with Crippen LogP contribution in [0.4, 0.5) is 0 Å². The van der Waals surface area contributed by atoms with Gasteiger partial charge in [0, 0.05) is 28.7 Å². The number of esters is 1. The lowest BCUT2D eigenvalue weighted by Gasteiger charge is -2.20. The summed E-state index contributed by atoms with van der Waals surface area (Å²) < 4.78 is 5.01. The molecule has 120 valence electrons. The van der Waals surface area contributed by atoms with Crippen molar-refractivity contribution in [2.24, 2.45) is 0 Å². The third-order valence-electron chi connectivity index (χ3n) is 2.93. The lowest BCUT2D eigenvalue weighted by molar-refractivity contribution is -0.151. The van der Waals surface area contributed by atoms with E-state index in [0.717, 1.165) is 5.57 Å². The second-order valence-electron chi connectivity index (χ2n) is 4.90. The Bertz CT molecular complexity index is 552. The van der Waals surface area contributed by atoms with Crippen molar-refractivity contribution in [3.8, 4) is 0 Å². The van der Waals surface area contributed by atoms with E-state index < -0.39 is 5.97 Å². The second-order valence-corrected chi connectivity index (χ2v) is 5.72. The van der Waals surface area contributed by atoms with Crippen molar-refractivity contribution in [1.29, 1.82) is 0 Å². The van der Waals surface area contributed by atoms with E-state index in [1.165, 1.54) is 0 Å². The maximum Gasteiger partial charge on any atom is 0.310 e. The normalized spacial score (nSPS) is 10.2. The largest absolute Gasteiger partial charge is 0.455 e. The first kappa shape index (κ1) is 18.5. The highest BCUT2D eigenvalue weighted by Crippen LogP contribution is 2.24. The summed E-state index contributed by atoms with van der Waals surface area (Å²) in [5.41, 5.74) is 1.36. The zero-order valence-corrected chi connectivity index (χ0v) is 14.2. The minimum Gasteiger partial charge on any atom is -0.455 e. The Morgan fingerprint density at radius 3 is 2.36 bits per heavy atom. The molecule has 0 aliphatic rings. The molecule has 0 aromatic heterocycles. The molecule has 1 aromatic carbocycles. The minimum absolute atomic E-state index is 0.0710. The Kier molecular flexibility index (Phi) is 7.42. The van der Waals surface area contributed by atoms with Crippen LogP contribution in [0.5, 0.6) is 0 Å². The molecule has 0 atom stereocenters. The lowest BCUT2D eigenvalue weighted by Crippen LogP contribution is -2.35. The predicted molar refractivity (Wildman–Crippen MR) is 88.2 cm³/mol. The van der Waals surface area contributed by atoms with Gasteiger partial charge in [-0.3, -0.25) is 9.59 Å². The summed E-state index contributed by atoms with van der Waals surface area (Å²) in [4.78, 5) is 25.4. The number of carbonyl (C=O) groups excluding carboxylic acids is 2. The highest BCUT2D eigenvalue weighted by Gasteiger charge is 2.16. The fourth-order valence-electron chi connectivity index (χ4n) is 1.83. The Morgan fingerprint density at radius 2 is 1.86 bits per heavy atom. The molecule has 0 heterocycles. The van der Waals surface area contributed by atoms with Gasteiger partial charge in [-0.05, 0) is 26.0 Å². The molecule has 6 heteroatoms. The number of halogens is 2. The van der Waals surface area contributed by atoms with Crippen molar-refractivity contribution in [3.05, 3.63) is 46.0 Å². The standard InChI is InChI=1S/C16H19Cl2NO3/c1-4-19(9-11(2)3)15(20)10-22-16(21)8-12-13(17)6-5-7-14(12)18/h5-7H,2,4,8-10H2,1,3H3. The van der Waals surface area contributed by atoms with E-state index in [-0.39, 0.29) is 18.9 Å². The maximum atomic E-state index is 12.0. The van der Waals surface area contributed by atoms with E-state index >= 15 is 0 Å². The van der Waals surface area contributed by atoms with Crippen molar-refractivity contribution in [1.82, 2.24) is 4.90 Å². The smallest absolute Gasteiger partial charge is 0.310 e. The van der Waals surface area contributed by atoms with Crippen molar-refractivity contribution in [2.45, 2.75) is 20.3 Å². The third-order valence-corrected chi connectivity index (χ3v) is 3.64. The summed E-state index contributed by atoms with van der Waals surface area (Å²) in [7, 11) is 0. The van der Waals surface area contributed by atoms with Gasteiger partial charge in [0.2, 0.25) is 0 Å². The Labute approximate surface area is 140 Å². The Balaban J connectivity index is 2.56. The Morgan fingerprint density at radius 1 is 1.27 bits per heavy atom. The van der Waals surface area contributed by atoms with Crippen molar-refractivity contribution < 1.29 is 14.3 Å². The summed E-state index contributed by atoms with van der Waals surface area (Å²) in [5, 5.41) is 0.793. The number of hydrogen-bond acceptors (Lipinski definition) is 3. The van der Waals surface area contributed by atoms with E-state index in [1.54, 1.807) is 23.1 Å². The molecular formula is C16H19Cl2NO3. The maximum absolute atomic E-state index is 12.0. The second kappa shape index (κ2) is 8.81. The quantitative estimate of drug-likeness (QED) is 0.562. The fourth-order valence-corrected chi connectivity index (χ4v) is 2.36. The van der Waals surface area contributed by atoms with Crippen molar-refractivity contribution in [2.75, 3.05) is 19.7 Å². The highest BCUT2D eigenvalue weighted by molar-refractivity contribution is 6.36. The van der Waals surface area contributed by atoms with Gasteiger partial charge in [-0.15, -0.1) is 0 Å². The van der Waals surface area contributed by atoms with Gasteiger partial charge >= 0.3 is 5.97 Å². The first-order valence-corrected chi connectivity index (χ1v) is 7.61. The van der Waals surface area contributed by atoms with Gasteiger partial charge in [0.25, 0.3) is 5.91 Å². The van der Waals surface area contributed by atoms with Crippen LogP contribution >= 0.6 is 23.2 Å². The Hall–Kier alpha value is -1.52. The average molecular weight is 344 g/mol. The zero-order chi connectivity index (χ0) is 16.7. The van der Waals surface area contributed by atoms with Crippen LogP contribution in [-0.2, 0) is 20.7 Å². The van der Waals surface area contributed by atoms with Crippen LogP contribution in [0.15, 0.2) is 30.4 Å². The number of benzene rings is 1. The summed E-state index contributed by atoms with van der Waals surface area (Å²) in [6, 6.07) is 4.99. The van der Waals surface area contributed by atoms with E-state index in [1.807, 2.05) is 13.8 Å². The molecule has 0 N–H and O–H groups in total. The van der Waals surface area contributed by atoms with E-state index in [2.05, 4.69) is 6.58 Å². The molecule has 1 aromatic rings. The van der Waals surface area contributed by atoms with Crippen LogP contribution < -0.4 is 0 Å². The molecule has 0 bridgehead atoms. The van der Waals surface area contributed by atoms with Gasteiger partial charge in [0.15, 0.2) is 6.61 Å². The summed E-state index contributed by atoms with van der Waals surface area (Å²) in [6.07, 6.45) is -0.0710. The molecule has 4 nitrogen and oxygen atoms in total. The van der Waals surface area contributed by atoms with Crippen LogP contribution in [0.2, 0.25) is 10.0 Å². The summed E-state index contributed by atoms with van der Waals surface area (Å²) in [5.74, 6) is -0.807. The van der Waals surface area contributed by atoms with E-state index in [9.17, 15) is 9.59 Å². The van der Waals surface area contributed by atoms with Gasteiger partial charge in [0.05, 0.1) is 6.42 Å². The molecule has 0 saturated carbocycles. The predicted octanol–water partition coefficient (Wildman–Crippen LogP) is 3.50. The topological polar surface area (TPSA) is 46.6 Å². The van der Waals surface area contributed by atoms with Crippen molar-refractivity contribution >= 4 is 35.1 Å². The molecule has 22 heavy (non-hydrogen) atoms. The number of amides is 1. The number of hydrogen-bond donors (Lipinski definition) is 0. The monoisotopic (exact) mass is 343 g/mol. The average Bonchev–Trinajstić information content (AvgIpc) is 2.46. The molecular weight excluding hydrogens is 325 g/mol. The van der Waals surface area contributed by atoms with Crippen molar-refractivity contribution in [3.63, 3.8) is 0 Å². The number of likely N-dealkylation sites (N-methyl/N-ethyl adjacent to an activating group) is 1. The van der Waals surface area contributed by atoms with Crippen LogP contribution in [-0.4, -0.2) is 36.5 Å².